The molecule has 9 heteroatoms. The molecule has 0 unspecified atom stereocenters. The number of carbonyl (C=O) groups is 1. The molecule has 0 bridgehead atoms. The second-order valence-electron chi connectivity index (χ2n) is 6.68. The van der Waals surface area contributed by atoms with E-state index in [-0.39, 0.29) is 5.91 Å². The quantitative estimate of drug-likeness (QED) is 0.701. The van der Waals surface area contributed by atoms with E-state index < -0.39 is 0 Å². The second-order valence-corrected chi connectivity index (χ2v) is 7.74. The first-order chi connectivity index (χ1) is 13.2. The number of amides is 1. The third-order valence-electron chi connectivity index (χ3n) is 4.59. The Morgan fingerprint density at radius 2 is 2.00 bits per heavy atom. The predicted octanol–water partition coefficient (Wildman–Crippen LogP) is 2.21. The van der Waals surface area contributed by atoms with Crippen molar-refractivity contribution in [2.24, 2.45) is 0 Å². The van der Waals surface area contributed by atoms with Gasteiger partial charge in [-0.15, -0.1) is 15.3 Å². The van der Waals surface area contributed by atoms with E-state index in [1.165, 1.54) is 22.5 Å². The zero-order valence-electron chi connectivity index (χ0n) is 15.1. The van der Waals surface area contributed by atoms with Crippen LogP contribution in [-0.2, 0) is 6.42 Å². The van der Waals surface area contributed by atoms with Gasteiger partial charge in [-0.1, -0.05) is 46.4 Å². The van der Waals surface area contributed by atoms with Crippen LogP contribution in [0.2, 0.25) is 0 Å². The van der Waals surface area contributed by atoms with Crippen LogP contribution in [0.25, 0.3) is 0 Å². The third kappa shape index (κ3) is 4.37. The predicted molar refractivity (Wildman–Crippen MR) is 103 cm³/mol. The average molecular weight is 383 g/mol. The van der Waals surface area contributed by atoms with Crippen molar-refractivity contribution in [3.05, 3.63) is 52.3 Å². The van der Waals surface area contributed by atoms with Gasteiger partial charge in [0, 0.05) is 6.42 Å². The van der Waals surface area contributed by atoms with E-state index >= 15 is 0 Å². The topological polar surface area (TPSA) is 97.6 Å². The molecule has 2 aromatic heterocycles. The Balaban J connectivity index is 1.37. The van der Waals surface area contributed by atoms with E-state index in [0.717, 1.165) is 30.9 Å². The van der Waals surface area contributed by atoms with Crippen molar-refractivity contribution in [1.82, 2.24) is 30.5 Å². The maximum absolute atomic E-state index is 12.4. The lowest BCUT2D eigenvalue weighted by Crippen LogP contribution is -2.29. The number of nitrogens with zero attached hydrogens (tertiary/aromatic N) is 5. The number of piperidine rings is 1. The molecule has 27 heavy (non-hydrogen) atoms. The molecule has 1 aromatic carbocycles. The summed E-state index contributed by atoms with van der Waals surface area (Å²) in [5.41, 5.74) is 2.69. The van der Waals surface area contributed by atoms with Crippen LogP contribution in [0.3, 0.4) is 0 Å². The summed E-state index contributed by atoms with van der Waals surface area (Å²) in [5.74, 6) is -0.312. The van der Waals surface area contributed by atoms with Gasteiger partial charge >= 0.3 is 0 Å². The maximum Gasteiger partial charge on any atom is 0.279 e. The van der Waals surface area contributed by atoms with E-state index in [0.29, 0.717) is 23.3 Å². The molecule has 1 fully saturated rings. The normalized spacial score (nSPS) is 15.0. The summed E-state index contributed by atoms with van der Waals surface area (Å²) in [6.45, 7) is 3.98. The Morgan fingerprint density at radius 1 is 1.22 bits per heavy atom. The first kappa shape index (κ1) is 17.7. The summed E-state index contributed by atoms with van der Waals surface area (Å²) in [5, 5.41) is 23.8. The van der Waals surface area contributed by atoms with Gasteiger partial charge in [-0.2, -0.15) is 0 Å². The van der Waals surface area contributed by atoms with Gasteiger partial charge in [0.05, 0.1) is 12.2 Å². The first-order valence-electron chi connectivity index (χ1n) is 8.99. The fourth-order valence-electron chi connectivity index (χ4n) is 3.05. The maximum atomic E-state index is 12.4. The Labute approximate surface area is 161 Å². The molecule has 0 saturated carbocycles. The largest absolute Gasteiger partial charge is 0.317 e. The summed E-state index contributed by atoms with van der Waals surface area (Å²) in [4.78, 5) is 12.4. The molecule has 8 nitrogen and oxygen atoms in total. The van der Waals surface area contributed by atoms with Crippen molar-refractivity contribution in [3.63, 3.8) is 0 Å². The zero-order chi connectivity index (χ0) is 18.6. The lowest BCUT2D eigenvalue weighted by atomic mass is 10.1. The Bertz CT molecular complexity index is 912. The summed E-state index contributed by atoms with van der Waals surface area (Å²) in [6, 6.07) is 8.60. The Hall–Kier alpha value is -2.65. The van der Waals surface area contributed by atoms with Crippen LogP contribution in [0.4, 0.5) is 5.13 Å². The number of anilines is 1. The monoisotopic (exact) mass is 383 g/mol. The highest BCUT2D eigenvalue weighted by molar-refractivity contribution is 7.15. The van der Waals surface area contributed by atoms with Crippen molar-refractivity contribution in [1.29, 1.82) is 0 Å². The summed E-state index contributed by atoms with van der Waals surface area (Å²) in [7, 11) is 0. The summed E-state index contributed by atoms with van der Waals surface area (Å²) in [6.07, 6.45) is 4.38. The van der Waals surface area contributed by atoms with Crippen molar-refractivity contribution < 1.29 is 4.79 Å². The van der Waals surface area contributed by atoms with Crippen LogP contribution in [0.5, 0.6) is 0 Å². The van der Waals surface area contributed by atoms with Crippen LogP contribution in [0.15, 0.2) is 30.5 Å². The first-order valence-corrected chi connectivity index (χ1v) is 9.81. The van der Waals surface area contributed by atoms with Crippen LogP contribution in [0, 0.1) is 6.92 Å². The van der Waals surface area contributed by atoms with E-state index in [1.807, 2.05) is 0 Å². The number of carbonyl (C=O) groups excluding carboxylic acids is 1. The molecule has 4 rings (SSSR count). The van der Waals surface area contributed by atoms with Gasteiger partial charge in [-0.25, -0.2) is 4.68 Å². The van der Waals surface area contributed by atoms with Gasteiger partial charge in [0.15, 0.2) is 5.69 Å². The van der Waals surface area contributed by atoms with Gasteiger partial charge in [-0.05, 0) is 38.4 Å². The van der Waals surface area contributed by atoms with E-state index in [1.54, 1.807) is 10.9 Å². The Morgan fingerprint density at radius 3 is 2.78 bits per heavy atom. The molecule has 1 amide bonds. The van der Waals surface area contributed by atoms with Crippen LogP contribution >= 0.6 is 11.3 Å². The molecule has 1 aliphatic heterocycles. The van der Waals surface area contributed by atoms with Crippen molar-refractivity contribution in [2.75, 3.05) is 18.4 Å². The molecule has 0 radical (unpaired) electrons. The Kier molecular flexibility index (Phi) is 5.21. The number of hydrogen-bond acceptors (Lipinski definition) is 7. The summed E-state index contributed by atoms with van der Waals surface area (Å²) >= 11 is 1.37. The van der Waals surface area contributed by atoms with Crippen molar-refractivity contribution in [3.8, 4) is 0 Å². The fourth-order valence-corrected chi connectivity index (χ4v) is 3.82. The summed E-state index contributed by atoms with van der Waals surface area (Å²) < 4.78 is 1.79. The number of nitrogens with one attached hydrogen (secondary N) is 2. The number of hydrogen-bond donors (Lipinski definition) is 2. The van der Waals surface area contributed by atoms with Gasteiger partial charge in [-0.3, -0.25) is 10.1 Å². The molecule has 140 valence electrons. The SMILES string of the molecule is Cc1ccc(Cc2nnc(NC(=O)c3cn(C4CCNCC4)nn3)s2)cc1. The van der Waals surface area contributed by atoms with E-state index in [4.69, 9.17) is 0 Å². The van der Waals surface area contributed by atoms with Crippen molar-refractivity contribution in [2.45, 2.75) is 32.2 Å². The number of aryl methyl sites for hydroxylation is 1. The highest BCUT2D eigenvalue weighted by Crippen LogP contribution is 2.20. The highest BCUT2D eigenvalue weighted by atomic mass is 32.1. The molecular formula is C18H21N7OS. The highest BCUT2D eigenvalue weighted by Gasteiger charge is 2.19. The zero-order valence-corrected chi connectivity index (χ0v) is 15.9. The number of rotatable bonds is 5. The smallest absolute Gasteiger partial charge is 0.279 e. The van der Waals surface area contributed by atoms with Crippen molar-refractivity contribution >= 4 is 22.4 Å². The molecule has 3 aromatic rings. The molecule has 3 heterocycles. The fraction of sp³-hybridized carbons (Fsp3) is 0.389. The second kappa shape index (κ2) is 7.93. The lowest BCUT2D eigenvalue weighted by Gasteiger charge is -2.21. The molecule has 2 N–H and O–H groups in total. The average Bonchev–Trinajstić information content (AvgIpc) is 3.34. The van der Waals surface area contributed by atoms with E-state index in [9.17, 15) is 4.79 Å². The molecule has 1 saturated heterocycles. The number of benzene rings is 1. The van der Waals surface area contributed by atoms with Crippen LogP contribution < -0.4 is 10.6 Å². The molecular weight excluding hydrogens is 362 g/mol. The van der Waals surface area contributed by atoms with Gasteiger partial charge < -0.3 is 5.32 Å². The molecule has 0 spiro atoms. The molecule has 1 aliphatic rings. The lowest BCUT2D eigenvalue weighted by molar-refractivity contribution is 0.102. The minimum Gasteiger partial charge on any atom is -0.317 e. The molecule has 0 aliphatic carbocycles. The minimum absolute atomic E-state index is 0.294. The minimum atomic E-state index is -0.312. The van der Waals surface area contributed by atoms with Crippen LogP contribution in [0.1, 0.15) is 45.5 Å². The van der Waals surface area contributed by atoms with Gasteiger partial charge in [0.2, 0.25) is 5.13 Å². The standard InChI is InChI=1S/C18H21N7OS/c1-12-2-4-13(5-3-12)10-16-22-23-18(27-16)20-17(26)15-11-25(24-21-15)14-6-8-19-9-7-14/h2-5,11,14,19H,6-10H2,1H3,(H,20,23,26). The number of aromatic nitrogens is 5. The molecule has 0 atom stereocenters. The van der Waals surface area contributed by atoms with Gasteiger partial charge in [0.1, 0.15) is 5.01 Å². The van der Waals surface area contributed by atoms with Crippen LogP contribution in [-0.4, -0.2) is 44.2 Å². The van der Waals surface area contributed by atoms with E-state index in [2.05, 4.69) is 62.3 Å². The third-order valence-corrected chi connectivity index (χ3v) is 5.43. The van der Waals surface area contributed by atoms with Gasteiger partial charge in [0.25, 0.3) is 5.91 Å².